The Hall–Kier alpha value is -1.05. The summed E-state index contributed by atoms with van der Waals surface area (Å²) in [5, 5.41) is 3.11. The van der Waals surface area contributed by atoms with Crippen molar-refractivity contribution in [1.82, 2.24) is 5.32 Å². The van der Waals surface area contributed by atoms with Crippen LogP contribution in [0.4, 0.5) is 0 Å². The second kappa shape index (κ2) is 6.63. The zero-order valence-electron chi connectivity index (χ0n) is 10.5. The van der Waals surface area contributed by atoms with Crippen molar-refractivity contribution >= 4 is 5.91 Å². The van der Waals surface area contributed by atoms with Crippen LogP contribution in [0.1, 0.15) is 51.4 Å². The number of amides is 1. The van der Waals surface area contributed by atoms with Crippen LogP contribution in [-0.4, -0.2) is 11.9 Å². The number of allylic oxidation sites excluding steroid dienone is 3. The Labute approximate surface area is 104 Å². The summed E-state index contributed by atoms with van der Waals surface area (Å²) in [5.41, 5.74) is 0. The van der Waals surface area contributed by atoms with E-state index < -0.39 is 0 Å². The Bertz CT molecular complexity index is 300. The Morgan fingerprint density at radius 1 is 1.12 bits per heavy atom. The van der Waals surface area contributed by atoms with Crippen molar-refractivity contribution in [1.29, 1.82) is 0 Å². The minimum atomic E-state index is 0.103. The van der Waals surface area contributed by atoms with Gasteiger partial charge in [0.1, 0.15) is 0 Å². The maximum Gasteiger partial charge on any atom is 0.243 e. The van der Waals surface area contributed by atoms with E-state index in [9.17, 15) is 4.79 Å². The van der Waals surface area contributed by atoms with Crippen molar-refractivity contribution < 1.29 is 4.79 Å². The minimum absolute atomic E-state index is 0.103. The van der Waals surface area contributed by atoms with Gasteiger partial charge in [-0.1, -0.05) is 37.5 Å². The first-order valence-corrected chi connectivity index (χ1v) is 6.98. The molecule has 1 saturated carbocycles. The molecule has 2 heteroatoms. The van der Waals surface area contributed by atoms with Crippen LogP contribution in [-0.2, 0) is 4.79 Å². The highest BCUT2D eigenvalue weighted by molar-refractivity contribution is 5.87. The van der Waals surface area contributed by atoms with Gasteiger partial charge in [-0.2, -0.15) is 0 Å². The maximum atomic E-state index is 11.7. The van der Waals surface area contributed by atoms with Gasteiger partial charge in [0.15, 0.2) is 0 Å². The largest absolute Gasteiger partial charge is 0.350 e. The van der Waals surface area contributed by atoms with Crippen LogP contribution < -0.4 is 5.32 Å². The molecule has 1 N–H and O–H groups in total. The highest BCUT2D eigenvalue weighted by Crippen LogP contribution is 2.19. The smallest absolute Gasteiger partial charge is 0.243 e. The number of nitrogens with one attached hydrogen (secondary N) is 1. The van der Waals surface area contributed by atoms with E-state index in [4.69, 9.17) is 0 Å². The first kappa shape index (κ1) is 12.4. The van der Waals surface area contributed by atoms with Crippen molar-refractivity contribution in [3.05, 3.63) is 24.3 Å². The van der Waals surface area contributed by atoms with Gasteiger partial charge < -0.3 is 5.32 Å². The van der Waals surface area contributed by atoms with Crippen LogP contribution in [0.3, 0.4) is 0 Å². The van der Waals surface area contributed by atoms with Crippen LogP contribution in [0.15, 0.2) is 24.3 Å². The van der Waals surface area contributed by atoms with Crippen molar-refractivity contribution in [3.63, 3.8) is 0 Å². The quantitative estimate of drug-likeness (QED) is 0.588. The Balaban J connectivity index is 1.72. The normalized spacial score (nSPS) is 26.2. The lowest BCUT2D eigenvalue weighted by Gasteiger charge is -2.22. The molecule has 2 rings (SSSR count). The molecule has 1 fully saturated rings. The number of hydrogen-bond donors (Lipinski definition) is 1. The third-order valence-corrected chi connectivity index (χ3v) is 3.78. The summed E-state index contributed by atoms with van der Waals surface area (Å²) in [5.74, 6) is 0.670. The number of rotatable bonds is 3. The molecule has 2 aliphatic rings. The molecule has 17 heavy (non-hydrogen) atoms. The lowest BCUT2D eigenvalue weighted by atomic mass is 9.94. The van der Waals surface area contributed by atoms with Crippen molar-refractivity contribution in [2.45, 2.75) is 57.4 Å². The Morgan fingerprint density at radius 3 is 2.65 bits per heavy atom. The lowest BCUT2D eigenvalue weighted by Crippen LogP contribution is -2.35. The number of carbonyl (C=O) groups excluding carboxylic acids is 1. The van der Waals surface area contributed by atoms with Gasteiger partial charge in [-0.05, 0) is 44.1 Å². The van der Waals surface area contributed by atoms with E-state index in [-0.39, 0.29) is 5.91 Å². The maximum absolute atomic E-state index is 11.7. The zero-order valence-corrected chi connectivity index (χ0v) is 10.5. The van der Waals surface area contributed by atoms with Gasteiger partial charge in [-0.3, -0.25) is 4.79 Å². The van der Waals surface area contributed by atoms with Crippen LogP contribution in [0.2, 0.25) is 0 Å². The van der Waals surface area contributed by atoms with E-state index >= 15 is 0 Å². The number of hydrogen-bond acceptors (Lipinski definition) is 1. The Kier molecular flexibility index (Phi) is 4.84. The second-order valence-electron chi connectivity index (χ2n) is 5.25. The summed E-state index contributed by atoms with van der Waals surface area (Å²) in [6, 6.07) is 0.423. The molecule has 0 aromatic heterocycles. The topological polar surface area (TPSA) is 29.1 Å². The van der Waals surface area contributed by atoms with Gasteiger partial charge in [0, 0.05) is 6.04 Å². The van der Waals surface area contributed by atoms with Gasteiger partial charge in [0.05, 0.1) is 0 Å². The standard InChI is InChI=1S/C15H23NO/c17-15(16-14-9-5-2-6-10-14)12-11-13-7-3-1-4-8-13/h1,3,11-14H,2,4-10H2,(H,16,17)/b12-11+. The average molecular weight is 233 g/mol. The minimum Gasteiger partial charge on any atom is -0.350 e. The van der Waals surface area contributed by atoms with Crippen LogP contribution >= 0.6 is 0 Å². The van der Waals surface area contributed by atoms with Crippen molar-refractivity contribution in [2.75, 3.05) is 0 Å². The molecule has 0 spiro atoms. The summed E-state index contributed by atoms with van der Waals surface area (Å²) in [4.78, 5) is 11.7. The molecule has 2 nitrogen and oxygen atoms in total. The fourth-order valence-corrected chi connectivity index (χ4v) is 2.71. The molecular formula is C15H23NO. The molecule has 0 bridgehead atoms. The molecule has 0 aliphatic heterocycles. The summed E-state index contributed by atoms with van der Waals surface area (Å²) in [7, 11) is 0. The molecule has 1 unspecified atom stereocenters. The summed E-state index contributed by atoms with van der Waals surface area (Å²) >= 11 is 0. The summed E-state index contributed by atoms with van der Waals surface area (Å²) in [6.45, 7) is 0. The van der Waals surface area contributed by atoms with E-state index in [0.29, 0.717) is 12.0 Å². The predicted molar refractivity (Wildman–Crippen MR) is 70.6 cm³/mol. The van der Waals surface area contributed by atoms with Crippen molar-refractivity contribution in [3.8, 4) is 0 Å². The SMILES string of the molecule is O=C(/C=C/C1CC=CCC1)NC1CCCCC1. The van der Waals surface area contributed by atoms with E-state index in [2.05, 4.69) is 23.5 Å². The summed E-state index contributed by atoms with van der Waals surface area (Å²) < 4.78 is 0. The van der Waals surface area contributed by atoms with Gasteiger partial charge in [0.2, 0.25) is 5.91 Å². The van der Waals surface area contributed by atoms with Gasteiger partial charge >= 0.3 is 0 Å². The molecular weight excluding hydrogens is 210 g/mol. The molecule has 0 saturated heterocycles. The highest BCUT2D eigenvalue weighted by Gasteiger charge is 2.14. The van der Waals surface area contributed by atoms with E-state index in [1.165, 1.54) is 25.7 Å². The third-order valence-electron chi connectivity index (χ3n) is 3.78. The molecule has 1 amide bonds. The molecule has 0 aromatic rings. The first-order valence-electron chi connectivity index (χ1n) is 6.98. The molecule has 94 valence electrons. The highest BCUT2D eigenvalue weighted by atomic mass is 16.1. The molecule has 0 heterocycles. The fraction of sp³-hybridized carbons (Fsp3) is 0.667. The molecule has 0 aromatic carbocycles. The van der Waals surface area contributed by atoms with E-state index in [1.54, 1.807) is 6.08 Å². The average Bonchev–Trinajstić information content (AvgIpc) is 2.39. The second-order valence-corrected chi connectivity index (χ2v) is 5.25. The Morgan fingerprint density at radius 2 is 1.94 bits per heavy atom. The van der Waals surface area contributed by atoms with Crippen LogP contribution in [0.25, 0.3) is 0 Å². The van der Waals surface area contributed by atoms with Crippen LogP contribution in [0.5, 0.6) is 0 Å². The number of carbonyl (C=O) groups is 1. The summed E-state index contributed by atoms with van der Waals surface area (Å²) in [6.07, 6.45) is 17.9. The van der Waals surface area contributed by atoms with Crippen LogP contribution in [0, 0.1) is 5.92 Å². The van der Waals surface area contributed by atoms with Gasteiger partial charge in [-0.25, -0.2) is 0 Å². The lowest BCUT2D eigenvalue weighted by molar-refractivity contribution is -0.117. The molecule has 0 radical (unpaired) electrons. The van der Waals surface area contributed by atoms with E-state index in [0.717, 1.165) is 25.7 Å². The van der Waals surface area contributed by atoms with E-state index in [1.807, 2.05) is 0 Å². The first-order chi connectivity index (χ1) is 8.34. The fourth-order valence-electron chi connectivity index (χ4n) is 2.71. The predicted octanol–water partition coefficient (Wildman–Crippen LogP) is 3.35. The van der Waals surface area contributed by atoms with Gasteiger partial charge in [-0.15, -0.1) is 0 Å². The third kappa shape index (κ3) is 4.37. The molecule has 1 atom stereocenters. The molecule has 2 aliphatic carbocycles. The zero-order chi connectivity index (χ0) is 11.9. The van der Waals surface area contributed by atoms with Crippen molar-refractivity contribution in [2.24, 2.45) is 5.92 Å². The van der Waals surface area contributed by atoms with Gasteiger partial charge in [0.25, 0.3) is 0 Å². The monoisotopic (exact) mass is 233 g/mol.